The zero-order valence-electron chi connectivity index (χ0n) is 25.8. The monoisotopic (exact) mass is 666 g/mol. The summed E-state index contributed by atoms with van der Waals surface area (Å²) in [4.78, 5) is 61.2. The average molecular weight is 668 g/mol. The van der Waals surface area contributed by atoms with E-state index in [1.807, 2.05) is 17.0 Å². The average Bonchev–Trinajstić information content (AvgIpc) is 3.05. The number of aromatic nitrogens is 2. The van der Waals surface area contributed by atoms with Gasteiger partial charge in [-0.1, -0.05) is 41.4 Å². The highest BCUT2D eigenvalue weighted by Gasteiger charge is 2.43. The number of nitrogens with one attached hydrogen (secondary N) is 2. The van der Waals surface area contributed by atoms with E-state index < -0.39 is 23.8 Å². The second kappa shape index (κ2) is 13.9. The Morgan fingerprint density at radius 2 is 1.76 bits per heavy atom. The number of rotatable bonds is 8. The Morgan fingerprint density at radius 3 is 2.46 bits per heavy atom. The standard InChI is InChI=1S/C32H33Cl2N7O5/c1-18(42)41-12-10-20(11-13-41)36-14-19-8-9-25(38-30(19)46-4)23-16-35-15-22(27(23)33)21-6-5-7-26(28(21)34)37-29(43)24-17-39(2)32(45)40(3)31(24)44/h5-9,15-17,20,24,36H,10-14H2,1-4H3/p+1. The van der Waals surface area contributed by atoms with Crippen molar-refractivity contribution in [2.75, 3.05) is 39.6 Å². The Kier molecular flexibility index (Phi) is 10.00. The van der Waals surface area contributed by atoms with Gasteiger partial charge in [0.15, 0.2) is 5.92 Å². The molecule has 0 aliphatic carbocycles. The second-order valence-corrected chi connectivity index (χ2v) is 11.9. The van der Waals surface area contributed by atoms with Gasteiger partial charge in [0.05, 0.1) is 48.8 Å². The van der Waals surface area contributed by atoms with Gasteiger partial charge in [0.1, 0.15) is 0 Å². The van der Waals surface area contributed by atoms with Gasteiger partial charge in [-0.2, -0.15) is 9.69 Å². The minimum absolute atomic E-state index is 0.103. The molecular formula is C32H34Cl2N7O5+. The molecule has 5 rings (SSSR count). The van der Waals surface area contributed by atoms with Crippen molar-refractivity contribution < 1.29 is 28.5 Å². The molecule has 1 aromatic carbocycles. The van der Waals surface area contributed by atoms with Crippen molar-refractivity contribution >= 4 is 58.9 Å². The van der Waals surface area contributed by atoms with Crippen molar-refractivity contribution in [2.45, 2.75) is 32.4 Å². The summed E-state index contributed by atoms with van der Waals surface area (Å²) in [5.74, 6) is -1.94. The van der Waals surface area contributed by atoms with Crippen molar-refractivity contribution in [3.05, 3.63) is 58.3 Å². The highest BCUT2D eigenvalue weighted by molar-refractivity contribution is 6.39. The van der Waals surface area contributed by atoms with Crippen LogP contribution in [0.15, 0.2) is 42.7 Å². The molecule has 1 saturated heterocycles. The van der Waals surface area contributed by atoms with E-state index in [-0.39, 0.29) is 22.7 Å². The van der Waals surface area contributed by atoms with E-state index >= 15 is 0 Å². The number of urea groups is 1. The van der Waals surface area contributed by atoms with Gasteiger partial charge in [-0.25, -0.2) is 14.4 Å². The molecule has 0 spiro atoms. The number of carbonyl (C=O) groups excluding carboxylic acids is 4. The van der Waals surface area contributed by atoms with E-state index in [1.54, 1.807) is 44.6 Å². The fourth-order valence-electron chi connectivity index (χ4n) is 5.51. The number of hydrogen-bond donors (Lipinski definition) is 2. The smallest absolute Gasteiger partial charge is 0.481 e. The third kappa shape index (κ3) is 6.74. The third-order valence-electron chi connectivity index (χ3n) is 8.20. The molecule has 5 amide bonds. The van der Waals surface area contributed by atoms with Crippen LogP contribution in [0.4, 0.5) is 10.5 Å². The van der Waals surface area contributed by atoms with Crippen LogP contribution < -0.4 is 15.4 Å². The number of halogens is 2. The number of benzene rings is 1. The number of likely N-dealkylation sites (tertiary alicyclic amines) is 1. The summed E-state index contributed by atoms with van der Waals surface area (Å²) < 4.78 is 6.81. The molecule has 0 radical (unpaired) electrons. The van der Waals surface area contributed by atoms with E-state index in [2.05, 4.69) is 15.6 Å². The summed E-state index contributed by atoms with van der Waals surface area (Å²) >= 11 is 13.7. The molecule has 46 heavy (non-hydrogen) atoms. The van der Waals surface area contributed by atoms with Gasteiger partial charge in [-0.3, -0.25) is 14.6 Å². The van der Waals surface area contributed by atoms with Crippen LogP contribution in [-0.2, 0) is 20.9 Å². The number of pyridine rings is 2. The maximum absolute atomic E-state index is 13.1. The van der Waals surface area contributed by atoms with Gasteiger partial charge in [-0.15, -0.1) is 0 Å². The topological polar surface area (TPSA) is 137 Å². The largest absolute Gasteiger partial charge is 0.499 e. The van der Waals surface area contributed by atoms with Crippen LogP contribution in [0.2, 0.25) is 10.0 Å². The molecule has 2 aromatic heterocycles. The number of methoxy groups -OCH3 is 1. The first-order valence-corrected chi connectivity index (χ1v) is 15.4. The summed E-state index contributed by atoms with van der Waals surface area (Å²) in [5, 5.41) is 6.79. The maximum atomic E-state index is 13.1. The molecule has 4 heterocycles. The number of piperidine rings is 1. The van der Waals surface area contributed by atoms with Gasteiger partial charge in [-0.05, 0) is 25.0 Å². The molecule has 2 aliphatic heterocycles. The van der Waals surface area contributed by atoms with Crippen LogP contribution >= 0.6 is 23.2 Å². The summed E-state index contributed by atoms with van der Waals surface area (Å²) in [5.41, 5.74) is 3.25. The molecule has 3 aromatic rings. The SMILES string of the molecule is COc1nc(-c2cncc(-c3cccc(NC(=O)C4C=[N+](C)C(=O)N(C)C4=O)c3Cl)c2Cl)ccc1CNC1CCN(C(C)=O)CC1. The molecule has 14 heteroatoms. The first kappa shape index (κ1) is 33.0. The Bertz CT molecular complexity index is 1740. The number of nitrogens with zero attached hydrogens (tertiary/aromatic N) is 5. The highest BCUT2D eigenvalue weighted by Crippen LogP contribution is 2.41. The van der Waals surface area contributed by atoms with Gasteiger partial charge in [0.2, 0.25) is 17.7 Å². The van der Waals surface area contributed by atoms with Crippen LogP contribution in [0.25, 0.3) is 22.4 Å². The first-order chi connectivity index (χ1) is 22.0. The van der Waals surface area contributed by atoms with Crippen LogP contribution in [0.5, 0.6) is 5.88 Å². The normalized spacial score (nSPS) is 17.2. The molecule has 12 nitrogen and oxygen atoms in total. The number of carbonyl (C=O) groups is 4. The molecule has 2 N–H and O–H groups in total. The van der Waals surface area contributed by atoms with E-state index in [0.29, 0.717) is 39.8 Å². The quantitative estimate of drug-likeness (QED) is 0.271. The zero-order chi connectivity index (χ0) is 33.1. The van der Waals surface area contributed by atoms with Crippen molar-refractivity contribution in [2.24, 2.45) is 5.92 Å². The van der Waals surface area contributed by atoms with Crippen LogP contribution in [0, 0.1) is 5.92 Å². The predicted molar refractivity (Wildman–Crippen MR) is 174 cm³/mol. The number of amides is 5. The Labute approximate surface area is 276 Å². The summed E-state index contributed by atoms with van der Waals surface area (Å²) in [6.45, 7) is 3.62. The molecule has 0 saturated carbocycles. The number of imide groups is 1. The highest BCUT2D eigenvalue weighted by atomic mass is 35.5. The molecule has 240 valence electrons. The molecule has 1 fully saturated rings. The number of ether oxygens (including phenoxy) is 1. The lowest BCUT2D eigenvalue weighted by molar-refractivity contribution is -0.400. The molecule has 1 atom stereocenters. The third-order valence-corrected chi connectivity index (χ3v) is 9.01. The van der Waals surface area contributed by atoms with Crippen LogP contribution in [0.1, 0.15) is 25.3 Å². The van der Waals surface area contributed by atoms with E-state index in [1.165, 1.54) is 24.9 Å². The minimum Gasteiger partial charge on any atom is -0.481 e. The lowest BCUT2D eigenvalue weighted by atomic mass is 10.0. The minimum atomic E-state index is -1.21. The van der Waals surface area contributed by atoms with Crippen LogP contribution in [-0.4, -0.2) is 94.6 Å². The van der Waals surface area contributed by atoms with Gasteiger partial charge >= 0.3 is 11.9 Å². The maximum Gasteiger partial charge on any atom is 0.499 e. The molecule has 0 bridgehead atoms. The summed E-state index contributed by atoms with van der Waals surface area (Å²) in [6, 6.07) is 8.57. The van der Waals surface area contributed by atoms with Crippen molar-refractivity contribution in [1.29, 1.82) is 0 Å². The number of hydrogen-bond acceptors (Lipinski definition) is 8. The predicted octanol–water partition coefficient (Wildman–Crippen LogP) is 4.09. The fourth-order valence-corrected chi connectivity index (χ4v) is 6.08. The van der Waals surface area contributed by atoms with Crippen molar-refractivity contribution in [3.8, 4) is 28.3 Å². The lowest BCUT2D eigenvalue weighted by Gasteiger charge is -2.31. The van der Waals surface area contributed by atoms with E-state index in [9.17, 15) is 19.2 Å². The Balaban J connectivity index is 1.35. The van der Waals surface area contributed by atoms with Gasteiger partial charge in [0.25, 0.3) is 0 Å². The van der Waals surface area contributed by atoms with Gasteiger partial charge in [0, 0.05) is 67.2 Å². The first-order valence-electron chi connectivity index (χ1n) is 14.7. The van der Waals surface area contributed by atoms with E-state index in [0.717, 1.165) is 36.4 Å². The Morgan fingerprint density at radius 1 is 1.04 bits per heavy atom. The molecule has 1 unspecified atom stereocenters. The molecule has 2 aliphatic rings. The summed E-state index contributed by atoms with van der Waals surface area (Å²) in [7, 11) is 4.35. The van der Waals surface area contributed by atoms with Crippen LogP contribution in [0.3, 0.4) is 0 Å². The Hall–Kier alpha value is -4.39. The lowest BCUT2D eigenvalue weighted by Crippen LogP contribution is -2.51. The molecular weight excluding hydrogens is 633 g/mol. The number of anilines is 1. The van der Waals surface area contributed by atoms with Crippen molar-refractivity contribution in [1.82, 2.24) is 25.1 Å². The van der Waals surface area contributed by atoms with Crippen molar-refractivity contribution in [3.63, 3.8) is 0 Å². The van der Waals surface area contributed by atoms with Gasteiger partial charge < -0.3 is 20.3 Å². The fraction of sp³-hybridized carbons (Fsp3) is 0.344. The second-order valence-electron chi connectivity index (χ2n) is 11.1. The zero-order valence-corrected chi connectivity index (χ0v) is 27.4. The van der Waals surface area contributed by atoms with E-state index in [4.69, 9.17) is 32.9 Å². The summed E-state index contributed by atoms with van der Waals surface area (Å²) in [6.07, 6.45) is 6.19.